The van der Waals surface area contributed by atoms with E-state index in [4.69, 9.17) is 22.5 Å². The van der Waals surface area contributed by atoms with Gasteiger partial charge in [-0.25, -0.2) is 0 Å². The number of rotatable bonds is 4. The smallest absolute Gasteiger partial charge is 0.172 e. The lowest BCUT2D eigenvalue weighted by atomic mass is 9.96. The van der Waals surface area contributed by atoms with E-state index < -0.39 is 0 Å². The number of benzene rings is 1. The molecule has 1 atom stereocenters. The Labute approximate surface area is 131 Å². The summed E-state index contributed by atoms with van der Waals surface area (Å²) in [6, 6.07) is 5.59. The highest BCUT2D eigenvalue weighted by molar-refractivity contribution is 6.31. The summed E-state index contributed by atoms with van der Waals surface area (Å²) in [6.07, 6.45) is 6.23. The Morgan fingerprint density at radius 1 is 1.43 bits per heavy atom. The van der Waals surface area contributed by atoms with Gasteiger partial charge in [0.15, 0.2) is 5.84 Å². The summed E-state index contributed by atoms with van der Waals surface area (Å²) in [5.41, 5.74) is 7.51. The van der Waals surface area contributed by atoms with Crippen LogP contribution in [0.2, 0.25) is 5.02 Å². The molecule has 1 aliphatic rings. The third-order valence-corrected chi connectivity index (χ3v) is 4.46. The summed E-state index contributed by atoms with van der Waals surface area (Å²) < 4.78 is 0. The molecule has 0 radical (unpaired) electrons. The van der Waals surface area contributed by atoms with Crippen LogP contribution in [0.4, 0.5) is 5.69 Å². The zero-order valence-corrected chi connectivity index (χ0v) is 13.3. The third kappa shape index (κ3) is 4.03. The van der Waals surface area contributed by atoms with Crippen LogP contribution in [-0.4, -0.2) is 24.1 Å². The van der Waals surface area contributed by atoms with E-state index in [1.54, 1.807) is 6.07 Å². The molecule has 1 fully saturated rings. The fourth-order valence-corrected chi connectivity index (χ4v) is 3.32. The van der Waals surface area contributed by atoms with Crippen molar-refractivity contribution in [2.75, 3.05) is 18.0 Å². The first-order valence-corrected chi connectivity index (χ1v) is 8.06. The molecule has 0 bridgehead atoms. The molecule has 0 aromatic heterocycles. The Hall–Kier alpha value is -1.42. The second kappa shape index (κ2) is 7.55. The average molecular weight is 310 g/mol. The minimum atomic E-state index is 0.113. The van der Waals surface area contributed by atoms with Crippen LogP contribution in [0.15, 0.2) is 23.4 Å². The van der Waals surface area contributed by atoms with Crippen molar-refractivity contribution in [1.29, 1.82) is 0 Å². The normalized spacial score (nSPS) is 20.4. The summed E-state index contributed by atoms with van der Waals surface area (Å²) in [5.74, 6) is 0.932. The monoisotopic (exact) mass is 309 g/mol. The Bertz CT molecular complexity index is 504. The van der Waals surface area contributed by atoms with Crippen LogP contribution in [0.3, 0.4) is 0 Å². The maximum Gasteiger partial charge on any atom is 0.172 e. The average Bonchev–Trinajstić information content (AvgIpc) is 2.72. The zero-order valence-electron chi connectivity index (χ0n) is 12.6. The molecule has 1 unspecified atom stereocenters. The number of oxime groups is 1. The van der Waals surface area contributed by atoms with Gasteiger partial charge >= 0.3 is 0 Å². The molecule has 116 valence electrons. The maximum absolute atomic E-state index is 8.97. The van der Waals surface area contributed by atoms with Crippen LogP contribution in [0.5, 0.6) is 0 Å². The first-order valence-electron chi connectivity index (χ1n) is 7.68. The molecule has 0 saturated carbocycles. The second-order valence-electron chi connectivity index (χ2n) is 5.72. The fraction of sp³-hybridized carbons (Fsp3) is 0.562. The molecule has 0 amide bonds. The van der Waals surface area contributed by atoms with Gasteiger partial charge in [-0.15, -0.1) is 0 Å². The van der Waals surface area contributed by atoms with Crippen molar-refractivity contribution in [3.8, 4) is 0 Å². The van der Waals surface area contributed by atoms with E-state index >= 15 is 0 Å². The topological polar surface area (TPSA) is 61.8 Å². The zero-order chi connectivity index (χ0) is 15.2. The van der Waals surface area contributed by atoms with Gasteiger partial charge < -0.3 is 15.8 Å². The standard InChI is InChI=1S/C16H24ClN3O/c1-2-4-12-5-3-9-20(10-8-12)15-7-6-13(17)11-14(15)16(18)19-21/h6-7,11-12,21H,2-5,8-10H2,1H3,(H2,18,19). The quantitative estimate of drug-likeness (QED) is 0.384. The summed E-state index contributed by atoms with van der Waals surface area (Å²) in [4.78, 5) is 2.33. The highest BCUT2D eigenvalue weighted by Gasteiger charge is 2.20. The Morgan fingerprint density at radius 2 is 2.24 bits per heavy atom. The van der Waals surface area contributed by atoms with Gasteiger partial charge in [0.1, 0.15) is 0 Å². The van der Waals surface area contributed by atoms with Crippen molar-refractivity contribution in [1.82, 2.24) is 0 Å². The van der Waals surface area contributed by atoms with Gasteiger partial charge in [-0.2, -0.15) is 0 Å². The van der Waals surface area contributed by atoms with Crippen LogP contribution in [0.25, 0.3) is 0 Å². The minimum absolute atomic E-state index is 0.113. The van der Waals surface area contributed by atoms with Crippen LogP contribution in [0.1, 0.15) is 44.6 Å². The molecule has 1 aliphatic heterocycles. The first kappa shape index (κ1) is 16.0. The van der Waals surface area contributed by atoms with Gasteiger partial charge in [0.25, 0.3) is 0 Å². The van der Waals surface area contributed by atoms with E-state index in [1.165, 1.54) is 32.1 Å². The van der Waals surface area contributed by atoms with E-state index in [-0.39, 0.29) is 5.84 Å². The number of anilines is 1. The Balaban J connectivity index is 2.21. The van der Waals surface area contributed by atoms with Gasteiger partial charge in [-0.05, 0) is 43.4 Å². The number of nitrogens with two attached hydrogens (primary N) is 1. The lowest BCUT2D eigenvalue weighted by Gasteiger charge is -2.25. The van der Waals surface area contributed by atoms with Crippen LogP contribution in [0, 0.1) is 5.92 Å². The van der Waals surface area contributed by atoms with Crippen LogP contribution < -0.4 is 10.6 Å². The van der Waals surface area contributed by atoms with Crippen LogP contribution in [-0.2, 0) is 0 Å². The highest BCUT2D eigenvalue weighted by atomic mass is 35.5. The molecule has 1 saturated heterocycles. The summed E-state index contributed by atoms with van der Waals surface area (Å²) in [5, 5.41) is 12.7. The van der Waals surface area contributed by atoms with Crippen molar-refractivity contribution < 1.29 is 5.21 Å². The molecule has 1 aromatic rings. The van der Waals surface area contributed by atoms with Gasteiger partial charge in [0, 0.05) is 29.4 Å². The molecule has 1 aromatic carbocycles. The van der Waals surface area contributed by atoms with E-state index in [1.807, 2.05) is 12.1 Å². The molecule has 21 heavy (non-hydrogen) atoms. The highest BCUT2D eigenvalue weighted by Crippen LogP contribution is 2.29. The van der Waals surface area contributed by atoms with Crippen molar-refractivity contribution in [3.05, 3.63) is 28.8 Å². The SMILES string of the molecule is CCCC1CCCN(c2ccc(Cl)cc2C(N)=NO)CC1. The lowest BCUT2D eigenvalue weighted by molar-refractivity contribution is 0.318. The molecule has 2 rings (SSSR count). The Kier molecular flexibility index (Phi) is 5.74. The van der Waals surface area contributed by atoms with Crippen LogP contribution >= 0.6 is 11.6 Å². The maximum atomic E-state index is 8.97. The van der Waals surface area contributed by atoms with E-state index in [9.17, 15) is 0 Å². The fourth-order valence-electron chi connectivity index (χ4n) is 3.15. The number of amidine groups is 1. The largest absolute Gasteiger partial charge is 0.409 e. The van der Waals surface area contributed by atoms with E-state index in [0.29, 0.717) is 10.6 Å². The predicted octanol–water partition coefficient (Wildman–Crippen LogP) is 3.84. The summed E-state index contributed by atoms with van der Waals surface area (Å²) >= 11 is 6.04. The number of nitrogens with zero attached hydrogens (tertiary/aromatic N) is 2. The molecule has 1 heterocycles. The molecule has 0 spiro atoms. The molecular formula is C16H24ClN3O. The minimum Gasteiger partial charge on any atom is -0.409 e. The molecule has 4 nitrogen and oxygen atoms in total. The number of hydrogen-bond donors (Lipinski definition) is 2. The van der Waals surface area contributed by atoms with Gasteiger partial charge in [0.05, 0.1) is 0 Å². The third-order valence-electron chi connectivity index (χ3n) is 4.23. The summed E-state index contributed by atoms with van der Waals surface area (Å²) in [6.45, 7) is 4.27. The molecule has 3 N–H and O–H groups in total. The predicted molar refractivity (Wildman–Crippen MR) is 88.4 cm³/mol. The van der Waals surface area contributed by atoms with Crippen molar-refractivity contribution in [2.24, 2.45) is 16.8 Å². The molecule has 5 heteroatoms. The van der Waals surface area contributed by atoms with Crippen molar-refractivity contribution in [3.63, 3.8) is 0 Å². The summed E-state index contributed by atoms with van der Waals surface area (Å²) in [7, 11) is 0. The molecular weight excluding hydrogens is 286 g/mol. The number of hydrogen-bond acceptors (Lipinski definition) is 3. The van der Waals surface area contributed by atoms with Gasteiger partial charge in [-0.1, -0.05) is 36.5 Å². The molecule has 0 aliphatic carbocycles. The van der Waals surface area contributed by atoms with E-state index in [0.717, 1.165) is 24.7 Å². The Morgan fingerprint density at radius 3 is 2.95 bits per heavy atom. The lowest BCUT2D eigenvalue weighted by Crippen LogP contribution is -2.27. The van der Waals surface area contributed by atoms with Gasteiger partial charge in [0.2, 0.25) is 0 Å². The van der Waals surface area contributed by atoms with Gasteiger partial charge in [-0.3, -0.25) is 0 Å². The van der Waals surface area contributed by atoms with E-state index in [2.05, 4.69) is 17.0 Å². The number of halogens is 1. The second-order valence-corrected chi connectivity index (χ2v) is 6.16. The van der Waals surface area contributed by atoms with Crippen molar-refractivity contribution in [2.45, 2.75) is 39.0 Å². The van der Waals surface area contributed by atoms with Crippen molar-refractivity contribution >= 4 is 23.1 Å². The first-order chi connectivity index (χ1) is 10.2.